The highest BCUT2D eigenvalue weighted by atomic mass is 32.1. The molecule has 0 aliphatic carbocycles. The van der Waals surface area contributed by atoms with Gasteiger partial charge in [0.1, 0.15) is 18.1 Å². The summed E-state index contributed by atoms with van der Waals surface area (Å²) in [6, 6.07) is -4.73. The minimum absolute atomic E-state index is 0.0186. The van der Waals surface area contributed by atoms with Crippen molar-refractivity contribution in [3.05, 3.63) is 18.2 Å². The highest BCUT2D eigenvalue weighted by molar-refractivity contribution is 7.80. The van der Waals surface area contributed by atoms with Gasteiger partial charge < -0.3 is 36.9 Å². The Labute approximate surface area is 202 Å². The monoisotopic (exact) mass is 500 g/mol. The first-order chi connectivity index (χ1) is 15.9. The van der Waals surface area contributed by atoms with Gasteiger partial charge in [-0.2, -0.15) is 12.6 Å². The summed E-state index contributed by atoms with van der Waals surface area (Å²) in [5, 5.41) is 25.7. The van der Waals surface area contributed by atoms with Crippen LogP contribution in [-0.2, 0) is 30.4 Å². The van der Waals surface area contributed by atoms with Crippen LogP contribution in [0, 0.1) is 5.92 Å². The van der Waals surface area contributed by atoms with Crippen LogP contribution in [0.1, 0.15) is 38.8 Å². The number of nitrogens with zero attached hydrogens (tertiary/aromatic N) is 1. The molecule has 1 aromatic rings. The Bertz CT molecular complexity index is 848. The van der Waals surface area contributed by atoms with Gasteiger partial charge in [-0.3, -0.25) is 19.2 Å². The maximum absolute atomic E-state index is 13.0. The third kappa shape index (κ3) is 10.2. The van der Waals surface area contributed by atoms with Crippen LogP contribution in [0.4, 0.5) is 0 Å². The van der Waals surface area contributed by atoms with Crippen molar-refractivity contribution in [1.82, 2.24) is 25.9 Å². The van der Waals surface area contributed by atoms with Crippen LogP contribution in [-0.4, -0.2) is 79.8 Å². The van der Waals surface area contributed by atoms with E-state index in [1.807, 2.05) is 0 Å². The van der Waals surface area contributed by atoms with Gasteiger partial charge in [0.2, 0.25) is 17.7 Å². The molecule has 4 unspecified atom stereocenters. The third-order valence-electron chi connectivity index (χ3n) is 4.75. The molecule has 0 radical (unpaired) electrons. The molecule has 0 aromatic carbocycles. The van der Waals surface area contributed by atoms with Gasteiger partial charge in [0.25, 0.3) is 0 Å². The molecule has 13 nitrogen and oxygen atoms in total. The van der Waals surface area contributed by atoms with Crippen molar-refractivity contribution in [1.29, 1.82) is 0 Å². The van der Waals surface area contributed by atoms with E-state index in [9.17, 15) is 29.1 Å². The Kier molecular flexibility index (Phi) is 12.1. The van der Waals surface area contributed by atoms with E-state index < -0.39 is 60.2 Å². The molecule has 1 heterocycles. The summed E-state index contributed by atoms with van der Waals surface area (Å²) in [5.74, 6) is -4.75. The first-order valence-corrected chi connectivity index (χ1v) is 11.3. The van der Waals surface area contributed by atoms with Crippen LogP contribution in [0.5, 0.6) is 0 Å². The number of H-pyrrole nitrogens is 1. The molecule has 1 aromatic heterocycles. The number of hydrogen-bond acceptors (Lipinski definition) is 8. The second kappa shape index (κ2) is 14.2. The number of thiol groups is 1. The van der Waals surface area contributed by atoms with Gasteiger partial charge in [-0.05, 0) is 18.8 Å². The maximum Gasteiger partial charge on any atom is 0.326 e. The van der Waals surface area contributed by atoms with Gasteiger partial charge in [0, 0.05) is 30.5 Å². The van der Waals surface area contributed by atoms with E-state index in [1.54, 1.807) is 13.8 Å². The molecule has 1 rings (SSSR count). The Morgan fingerprint density at radius 2 is 1.62 bits per heavy atom. The molecule has 34 heavy (non-hydrogen) atoms. The quantitative estimate of drug-likeness (QED) is 0.133. The Balaban J connectivity index is 3.06. The number of aliphatic carboxylic acids is 2. The van der Waals surface area contributed by atoms with Crippen molar-refractivity contribution in [3.8, 4) is 0 Å². The molecular formula is C20H32N6O7S. The van der Waals surface area contributed by atoms with Crippen LogP contribution < -0.4 is 21.7 Å². The van der Waals surface area contributed by atoms with Gasteiger partial charge in [-0.1, -0.05) is 13.8 Å². The van der Waals surface area contributed by atoms with E-state index in [-0.39, 0.29) is 30.9 Å². The second-order valence-electron chi connectivity index (χ2n) is 8.15. The summed E-state index contributed by atoms with van der Waals surface area (Å²) in [6.07, 6.45) is 2.21. The highest BCUT2D eigenvalue weighted by Gasteiger charge is 2.31. The Morgan fingerprint density at radius 3 is 2.12 bits per heavy atom. The fourth-order valence-corrected chi connectivity index (χ4v) is 3.13. The van der Waals surface area contributed by atoms with E-state index in [0.29, 0.717) is 5.69 Å². The number of carbonyl (C=O) groups excluding carboxylic acids is 3. The first-order valence-electron chi connectivity index (χ1n) is 10.6. The number of carboxylic acids is 2. The van der Waals surface area contributed by atoms with E-state index in [2.05, 4.69) is 38.5 Å². The topological polar surface area (TPSA) is 217 Å². The van der Waals surface area contributed by atoms with Crippen LogP contribution in [0.2, 0.25) is 0 Å². The molecule has 4 atom stereocenters. The molecule has 0 aliphatic heterocycles. The third-order valence-corrected chi connectivity index (χ3v) is 5.14. The molecule has 0 spiro atoms. The molecular weight excluding hydrogens is 468 g/mol. The Morgan fingerprint density at radius 1 is 1.03 bits per heavy atom. The van der Waals surface area contributed by atoms with Gasteiger partial charge >= 0.3 is 11.9 Å². The summed E-state index contributed by atoms with van der Waals surface area (Å²) in [6.45, 7) is 3.56. The molecule has 0 saturated carbocycles. The predicted molar refractivity (Wildman–Crippen MR) is 124 cm³/mol. The van der Waals surface area contributed by atoms with Crippen LogP contribution >= 0.6 is 12.6 Å². The van der Waals surface area contributed by atoms with E-state index >= 15 is 0 Å². The smallest absolute Gasteiger partial charge is 0.326 e. The minimum Gasteiger partial charge on any atom is -0.481 e. The van der Waals surface area contributed by atoms with Crippen molar-refractivity contribution in [2.24, 2.45) is 11.7 Å². The molecule has 0 aliphatic rings. The summed E-state index contributed by atoms with van der Waals surface area (Å²) in [7, 11) is 0. The van der Waals surface area contributed by atoms with Crippen LogP contribution in [0.3, 0.4) is 0 Å². The Hall–Kier alpha value is -3.13. The number of aromatic nitrogens is 2. The van der Waals surface area contributed by atoms with Crippen LogP contribution in [0.25, 0.3) is 0 Å². The van der Waals surface area contributed by atoms with Gasteiger partial charge in [-0.25, -0.2) is 9.78 Å². The fourth-order valence-electron chi connectivity index (χ4n) is 2.96. The number of carbonyl (C=O) groups is 5. The molecule has 190 valence electrons. The number of aromatic amines is 1. The average molecular weight is 501 g/mol. The largest absolute Gasteiger partial charge is 0.481 e. The SMILES string of the molecule is CC(C)CC(NC(=O)C(CCC(=O)O)NC(=O)C(Cc1cnc[nH]1)NC(=O)C(N)CS)C(=O)O. The predicted octanol–water partition coefficient (Wildman–Crippen LogP) is -1.34. The second-order valence-corrected chi connectivity index (χ2v) is 8.52. The van der Waals surface area contributed by atoms with E-state index in [1.165, 1.54) is 12.5 Å². The number of carboxylic acid groups (broad SMARTS) is 2. The molecule has 0 saturated heterocycles. The number of nitrogens with one attached hydrogen (secondary N) is 4. The molecule has 3 amide bonds. The standard InChI is InChI=1S/C20H32N6O7S/c1-10(2)5-15(20(32)33)26-18(30)13(3-4-16(27)28)24-19(31)14(6-11-7-22-9-23-11)25-17(29)12(21)8-34/h7,9-10,12-15,34H,3-6,8,21H2,1-2H3,(H,22,23)(H,24,31)(H,25,29)(H,26,30)(H,27,28)(H,32,33). The minimum atomic E-state index is -1.35. The van der Waals surface area contributed by atoms with Gasteiger partial charge in [-0.15, -0.1) is 0 Å². The lowest BCUT2D eigenvalue weighted by Gasteiger charge is -2.25. The highest BCUT2D eigenvalue weighted by Crippen LogP contribution is 2.08. The van der Waals surface area contributed by atoms with Gasteiger partial charge in [0.05, 0.1) is 12.4 Å². The zero-order valence-corrected chi connectivity index (χ0v) is 19.9. The number of rotatable bonds is 15. The van der Waals surface area contributed by atoms with Crippen molar-refractivity contribution >= 4 is 42.3 Å². The van der Waals surface area contributed by atoms with Crippen molar-refractivity contribution in [2.75, 3.05) is 5.75 Å². The number of amides is 3. The zero-order valence-electron chi connectivity index (χ0n) is 19.0. The number of nitrogens with two attached hydrogens (primary N) is 1. The van der Waals surface area contributed by atoms with Crippen LogP contribution in [0.15, 0.2) is 12.5 Å². The number of imidazole rings is 1. The van der Waals surface area contributed by atoms with E-state index in [4.69, 9.17) is 10.8 Å². The fraction of sp³-hybridized carbons (Fsp3) is 0.600. The van der Waals surface area contributed by atoms with Crippen molar-refractivity contribution in [3.63, 3.8) is 0 Å². The summed E-state index contributed by atoms with van der Waals surface area (Å²) < 4.78 is 0. The first kappa shape index (κ1) is 28.9. The number of hydrogen-bond donors (Lipinski definition) is 8. The average Bonchev–Trinajstić information content (AvgIpc) is 3.27. The zero-order chi connectivity index (χ0) is 25.8. The lowest BCUT2D eigenvalue weighted by Crippen LogP contribution is -2.58. The summed E-state index contributed by atoms with van der Waals surface area (Å²) >= 11 is 3.96. The molecule has 0 fully saturated rings. The summed E-state index contributed by atoms with van der Waals surface area (Å²) in [5.41, 5.74) is 6.17. The van der Waals surface area contributed by atoms with Gasteiger partial charge in [0.15, 0.2) is 0 Å². The molecule has 14 heteroatoms. The summed E-state index contributed by atoms with van der Waals surface area (Å²) in [4.78, 5) is 67.3. The lowest BCUT2D eigenvalue weighted by molar-refractivity contribution is -0.143. The van der Waals surface area contributed by atoms with Crippen molar-refractivity contribution in [2.45, 2.75) is 63.7 Å². The molecule has 0 bridgehead atoms. The molecule has 8 N–H and O–H groups in total. The normalized spacial score (nSPS) is 14.5. The van der Waals surface area contributed by atoms with E-state index in [0.717, 1.165) is 0 Å². The lowest BCUT2D eigenvalue weighted by atomic mass is 10.0. The maximum atomic E-state index is 13.0. The van der Waals surface area contributed by atoms with Crippen molar-refractivity contribution < 1.29 is 34.2 Å².